The standard InChI is InChI=1S/C20H18N4O4/c21-20(27)24-15-8-6-14(7-9-15)18(25)22-12-13-3-1-4-16(11-13)23-19(26)17-5-2-10-28-17/h1-11H,12H2,(H,22,25)(H,23,26)(H3,21,24,27). The highest BCUT2D eigenvalue weighted by molar-refractivity contribution is 6.02. The lowest BCUT2D eigenvalue weighted by atomic mass is 10.1. The third-order valence-corrected chi connectivity index (χ3v) is 3.80. The normalized spacial score (nSPS) is 10.1. The van der Waals surface area contributed by atoms with Crippen molar-refractivity contribution < 1.29 is 18.8 Å². The number of nitrogens with one attached hydrogen (secondary N) is 3. The molecule has 8 nitrogen and oxygen atoms in total. The number of furan rings is 1. The van der Waals surface area contributed by atoms with E-state index in [1.165, 1.54) is 6.26 Å². The smallest absolute Gasteiger partial charge is 0.316 e. The zero-order chi connectivity index (χ0) is 19.9. The average molecular weight is 378 g/mol. The van der Waals surface area contributed by atoms with Crippen LogP contribution in [0.5, 0.6) is 0 Å². The van der Waals surface area contributed by atoms with Crippen LogP contribution in [-0.4, -0.2) is 17.8 Å². The molecule has 0 bridgehead atoms. The molecule has 3 rings (SSSR count). The highest BCUT2D eigenvalue weighted by atomic mass is 16.3. The summed E-state index contributed by atoms with van der Waals surface area (Å²) in [5.74, 6) is -0.403. The molecule has 142 valence electrons. The van der Waals surface area contributed by atoms with E-state index >= 15 is 0 Å². The largest absolute Gasteiger partial charge is 0.459 e. The molecule has 8 heteroatoms. The first-order chi connectivity index (χ1) is 13.5. The Morgan fingerprint density at radius 3 is 2.32 bits per heavy atom. The molecule has 0 saturated heterocycles. The van der Waals surface area contributed by atoms with E-state index in [-0.39, 0.29) is 24.1 Å². The fraction of sp³-hybridized carbons (Fsp3) is 0.0500. The zero-order valence-electron chi connectivity index (χ0n) is 14.8. The molecule has 0 saturated carbocycles. The van der Waals surface area contributed by atoms with E-state index in [2.05, 4.69) is 16.0 Å². The number of carbonyl (C=O) groups excluding carboxylic acids is 3. The third kappa shape index (κ3) is 4.98. The molecule has 0 atom stereocenters. The maximum atomic E-state index is 12.3. The van der Waals surface area contributed by atoms with Gasteiger partial charge in [0.15, 0.2) is 5.76 Å². The lowest BCUT2D eigenvalue weighted by molar-refractivity contribution is 0.0949. The Bertz CT molecular complexity index is 982. The van der Waals surface area contributed by atoms with Crippen LogP contribution in [0.2, 0.25) is 0 Å². The van der Waals surface area contributed by atoms with E-state index in [9.17, 15) is 14.4 Å². The Morgan fingerprint density at radius 1 is 0.857 bits per heavy atom. The summed E-state index contributed by atoms with van der Waals surface area (Å²) in [7, 11) is 0. The summed E-state index contributed by atoms with van der Waals surface area (Å²) in [6.45, 7) is 0.282. The van der Waals surface area contributed by atoms with Gasteiger partial charge in [0.05, 0.1) is 6.26 Å². The van der Waals surface area contributed by atoms with Gasteiger partial charge in [0, 0.05) is 23.5 Å². The third-order valence-electron chi connectivity index (χ3n) is 3.80. The monoisotopic (exact) mass is 378 g/mol. The number of carbonyl (C=O) groups is 3. The molecule has 28 heavy (non-hydrogen) atoms. The molecule has 1 heterocycles. The SMILES string of the molecule is NC(=O)Nc1ccc(C(=O)NCc2cccc(NC(=O)c3ccco3)c2)cc1. The van der Waals surface area contributed by atoms with E-state index < -0.39 is 6.03 Å². The van der Waals surface area contributed by atoms with Gasteiger partial charge in [-0.05, 0) is 54.1 Å². The predicted molar refractivity (Wildman–Crippen MR) is 104 cm³/mol. The number of rotatable bonds is 6. The summed E-state index contributed by atoms with van der Waals surface area (Å²) in [6.07, 6.45) is 1.43. The maximum Gasteiger partial charge on any atom is 0.316 e. The van der Waals surface area contributed by atoms with Gasteiger partial charge in [-0.1, -0.05) is 12.1 Å². The number of nitrogens with two attached hydrogens (primary N) is 1. The van der Waals surface area contributed by atoms with Gasteiger partial charge in [0.2, 0.25) is 0 Å². The Balaban J connectivity index is 1.57. The molecule has 0 aliphatic heterocycles. The minimum absolute atomic E-state index is 0.216. The van der Waals surface area contributed by atoms with Crippen LogP contribution in [0.1, 0.15) is 26.5 Å². The van der Waals surface area contributed by atoms with Gasteiger partial charge in [-0.2, -0.15) is 0 Å². The van der Waals surface area contributed by atoms with Crippen molar-refractivity contribution in [2.75, 3.05) is 10.6 Å². The second-order valence-electron chi connectivity index (χ2n) is 5.88. The lowest BCUT2D eigenvalue weighted by Gasteiger charge is -2.09. The first-order valence-corrected chi connectivity index (χ1v) is 8.40. The summed E-state index contributed by atoms with van der Waals surface area (Å²) in [4.78, 5) is 35.1. The van der Waals surface area contributed by atoms with Crippen LogP contribution < -0.4 is 21.7 Å². The molecule has 4 amide bonds. The van der Waals surface area contributed by atoms with Crippen molar-refractivity contribution in [3.63, 3.8) is 0 Å². The van der Waals surface area contributed by atoms with E-state index in [1.807, 2.05) is 6.07 Å². The molecular weight excluding hydrogens is 360 g/mol. The lowest BCUT2D eigenvalue weighted by Crippen LogP contribution is -2.23. The molecule has 0 fully saturated rings. The van der Waals surface area contributed by atoms with Crippen LogP contribution in [0.3, 0.4) is 0 Å². The fourth-order valence-corrected chi connectivity index (χ4v) is 2.49. The predicted octanol–water partition coefficient (Wildman–Crippen LogP) is 2.95. The van der Waals surface area contributed by atoms with Gasteiger partial charge < -0.3 is 26.1 Å². The Morgan fingerprint density at radius 2 is 1.64 bits per heavy atom. The van der Waals surface area contributed by atoms with E-state index in [1.54, 1.807) is 54.6 Å². The molecule has 0 aliphatic carbocycles. The number of anilines is 2. The first kappa shape index (κ1) is 18.7. The van der Waals surface area contributed by atoms with Gasteiger partial charge in [-0.15, -0.1) is 0 Å². The van der Waals surface area contributed by atoms with Crippen molar-refractivity contribution in [3.05, 3.63) is 83.8 Å². The van der Waals surface area contributed by atoms with Gasteiger partial charge in [-0.25, -0.2) is 4.79 Å². The maximum absolute atomic E-state index is 12.3. The highest BCUT2D eigenvalue weighted by Crippen LogP contribution is 2.13. The molecule has 0 unspecified atom stereocenters. The molecule has 0 spiro atoms. The summed E-state index contributed by atoms with van der Waals surface area (Å²) in [5.41, 5.74) is 7.40. The molecule has 1 aromatic heterocycles. The number of primary amides is 1. The van der Waals surface area contributed by atoms with Crippen molar-refractivity contribution in [2.24, 2.45) is 5.73 Å². The Hall–Kier alpha value is -4.07. The summed E-state index contributed by atoms with van der Waals surface area (Å²) < 4.78 is 5.06. The zero-order valence-corrected chi connectivity index (χ0v) is 14.8. The Kier molecular flexibility index (Phi) is 5.71. The van der Waals surface area contributed by atoms with Gasteiger partial charge in [0.25, 0.3) is 11.8 Å². The fourth-order valence-electron chi connectivity index (χ4n) is 2.49. The van der Waals surface area contributed by atoms with E-state index in [0.29, 0.717) is 16.9 Å². The van der Waals surface area contributed by atoms with Crippen LogP contribution in [-0.2, 0) is 6.54 Å². The highest BCUT2D eigenvalue weighted by Gasteiger charge is 2.10. The van der Waals surface area contributed by atoms with Crippen molar-refractivity contribution in [3.8, 4) is 0 Å². The topological polar surface area (TPSA) is 126 Å². The van der Waals surface area contributed by atoms with Gasteiger partial charge in [-0.3, -0.25) is 9.59 Å². The first-order valence-electron chi connectivity index (χ1n) is 8.40. The van der Waals surface area contributed by atoms with E-state index in [0.717, 1.165) is 5.56 Å². The second-order valence-corrected chi connectivity index (χ2v) is 5.88. The number of hydrogen-bond donors (Lipinski definition) is 4. The molecule has 3 aromatic rings. The van der Waals surface area contributed by atoms with Crippen molar-refractivity contribution in [1.29, 1.82) is 0 Å². The van der Waals surface area contributed by atoms with Crippen LogP contribution in [0.15, 0.2) is 71.3 Å². The van der Waals surface area contributed by atoms with Gasteiger partial charge >= 0.3 is 6.03 Å². The summed E-state index contributed by atoms with van der Waals surface area (Å²) in [6, 6.07) is 16.0. The van der Waals surface area contributed by atoms with E-state index in [4.69, 9.17) is 10.2 Å². The number of amides is 4. The summed E-state index contributed by atoms with van der Waals surface area (Å²) >= 11 is 0. The molecule has 0 radical (unpaired) electrons. The molecule has 2 aromatic carbocycles. The van der Waals surface area contributed by atoms with Crippen LogP contribution in [0.4, 0.5) is 16.2 Å². The van der Waals surface area contributed by atoms with Crippen molar-refractivity contribution in [2.45, 2.75) is 6.54 Å². The minimum Gasteiger partial charge on any atom is -0.459 e. The quantitative estimate of drug-likeness (QED) is 0.526. The number of hydrogen-bond acceptors (Lipinski definition) is 4. The van der Waals surface area contributed by atoms with Crippen molar-refractivity contribution >= 4 is 29.2 Å². The van der Waals surface area contributed by atoms with Gasteiger partial charge in [0.1, 0.15) is 0 Å². The molecule has 0 aliphatic rings. The minimum atomic E-state index is -0.670. The molecule has 5 N–H and O–H groups in total. The second kappa shape index (κ2) is 8.54. The van der Waals surface area contributed by atoms with Crippen molar-refractivity contribution in [1.82, 2.24) is 5.32 Å². The van der Waals surface area contributed by atoms with Crippen LogP contribution >= 0.6 is 0 Å². The van der Waals surface area contributed by atoms with Crippen LogP contribution in [0, 0.1) is 0 Å². The summed E-state index contributed by atoms with van der Waals surface area (Å²) in [5, 5.41) is 7.96. The molecular formula is C20H18N4O4. The average Bonchev–Trinajstić information content (AvgIpc) is 3.21. The number of urea groups is 1. The number of benzene rings is 2. The Labute approximate surface area is 160 Å². The van der Waals surface area contributed by atoms with Crippen LogP contribution in [0.25, 0.3) is 0 Å².